The van der Waals surface area contributed by atoms with E-state index < -0.39 is 10.8 Å². The van der Waals surface area contributed by atoms with E-state index in [0.717, 1.165) is 12.8 Å². The SMILES string of the molecule is CSc1ccc(C(=O)Nc2ccccc2C(=O)NC2CC2)cc1[N+](=O)[O-]. The molecule has 134 valence electrons. The summed E-state index contributed by atoms with van der Waals surface area (Å²) in [7, 11) is 0. The summed E-state index contributed by atoms with van der Waals surface area (Å²) in [6.07, 6.45) is 3.66. The van der Waals surface area contributed by atoms with Gasteiger partial charge in [-0.05, 0) is 43.4 Å². The van der Waals surface area contributed by atoms with Crippen LogP contribution in [0.5, 0.6) is 0 Å². The van der Waals surface area contributed by atoms with Gasteiger partial charge in [0, 0.05) is 17.7 Å². The van der Waals surface area contributed by atoms with Crippen LogP contribution in [-0.2, 0) is 0 Å². The number of amides is 2. The Kier molecular flexibility index (Phi) is 5.22. The first-order valence-corrected chi connectivity index (χ1v) is 9.25. The average Bonchev–Trinajstić information content (AvgIpc) is 3.45. The van der Waals surface area contributed by atoms with E-state index in [4.69, 9.17) is 0 Å². The molecule has 2 N–H and O–H groups in total. The van der Waals surface area contributed by atoms with Crippen molar-refractivity contribution in [3.63, 3.8) is 0 Å². The predicted octanol–water partition coefficient (Wildman–Crippen LogP) is 3.46. The van der Waals surface area contributed by atoms with E-state index in [9.17, 15) is 19.7 Å². The highest BCUT2D eigenvalue weighted by molar-refractivity contribution is 7.98. The molecular weight excluding hydrogens is 354 g/mol. The molecule has 0 aliphatic heterocycles. The summed E-state index contributed by atoms with van der Waals surface area (Å²) in [5, 5.41) is 16.7. The van der Waals surface area contributed by atoms with Crippen LogP contribution in [0.2, 0.25) is 0 Å². The molecule has 3 rings (SSSR count). The molecule has 0 atom stereocenters. The van der Waals surface area contributed by atoms with Gasteiger partial charge in [0.25, 0.3) is 17.5 Å². The molecule has 1 aliphatic rings. The van der Waals surface area contributed by atoms with Gasteiger partial charge in [0.1, 0.15) is 0 Å². The summed E-state index contributed by atoms with van der Waals surface area (Å²) < 4.78 is 0. The Morgan fingerprint density at radius 3 is 2.54 bits per heavy atom. The quantitative estimate of drug-likeness (QED) is 0.460. The smallest absolute Gasteiger partial charge is 0.283 e. The Morgan fingerprint density at radius 2 is 1.88 bits per heavy atom. The Morgan fingerprint density at radius 1 is 1.15 bits per heavy atom. The number of benzene rings is 2. The van der Waals surface area contributed by atoms with Crippen molar-refractivity contribution >= 4 is 35.0 Å². The van der Waals surface area contributed by atoms with Crippen LogP contribution < -0.4 is 10.6 Å². The van der Waals surface area contributed by atoms with Gasteiger partial charge in [-0.25, -0.2) is 0 Å². The highest BCUT2D eigenvalue weighted by atomic mass is 32.2. The van der Waals surface area contributed by atoms with Gasteiger partial charge in [0.05, 0.1) is 21.1 Å². The summed E-state index contributed by atoms with van der Waals surface area (Å²) in [6, 6.07) is 11.2. The molecule has 26 heavy (non-hydrogen) atoms. The van der Waals surface area contributed by atoms with E-state index in [1.807, 2.05) is 0 Å². The standard InChI is InChI=1S/C18H17N3O4S/c1-26-16-9-6-11(10-15(16)21(24)25)17(22)20-14-5-3-2-4-13(14)18(23)19-12-7-8-12/h2-6,9-10,12H,7-8H2,1H3,(H,19,23)(H,20,22). The van der Waals surface area contributed by atoms with Gasteiger partial charge in [0.2, 0.25) is 0 Å². The third-order valence-electron chi connectivity index (χ3n) is 3.97. The number of para-hydroxylation sites is 1. The van der Waals surface area contributed by atoms with Gasteiger partial charge in [0.15, 0.2) is 0 Å². The maximum Gasteiger partial charge on any atom is 0.283 e. The van der Waals surface area contributed by atoms with Crippen LogP contribution >= 0.6 is 11.8 Å². The minimum Gasteiger partial charge on any atom is -0.349 e. The molecule has 0 unspecified atom stereocenters. The molecular formula is C18H17N3O4S. The lowest BCUT2D eigenvalue weighted by molar-refractivity contribution is -0.387. The fraction of sp³-hybridized carbons (Fsp3) is 0.222. The van der Waals surface area contributed by atoms with Gasteiger partial charge >= 0.3 is 0 Å². The lowest BCUT2D eigenvalue weighted by Gasteiger charge is -2.11. The number of nitro groups is 1. The predicted molar refractivity (Wildman–Crippen MR) is 99.8 cm³/mol. The van der Waals surface area contributed by atoms with Gasteiger partial charge < -0.3 is 10.6 Å². The zero-order chi connectivity index (χ0) is 18.7. The second-order valence-electron chi connectivity index (χ2n) is 5.89. The second kappa shape index (κ2) is 7.57. The lowest BCUT2D eigenvalue weighted by Crippen LogP contribution is -2.27. The first kappa shape index (κ1) is 17.9. The van der Waals surface area contributed by atoms with Crippen molar-refractivity contribution in [3.8, 4) is 0 Å². The number of carbonyl (C=O) groups excluding carboxylic acids is 2. The number of thioether (sulfide) groups is 1. The Labute approximate surface area is 154 Å². The molecule has 2 amide bonds. The Hall–Kier alpha value is -2.87. The van der Waals surface area contributed by atoms with Crippen LogP contribution in [0.15, 0.2) is 47.4 Å². The Balaban J connectivity index is 1.83. The summed E-state index contributed by atoms with van der Waals surface area (Å²) in [5.41, 5.74) is 0.770. The second-order valence-corrected chi connectivity index (χ2v) is 6.74. The molecule has 0 radical (unpaired) electrons. The number of nitrogens with one attached hydrogen (secondary N) is 2. The number of hydrogen-bond donors (Lipinski definition) is 2. The summed E-state index contributed by atoms with van der Waals surface area (Å²) in [5.74, 6) is -0.750. The molecule has 2 aromatic carbocycles. The summed E-state index contributed by atoms with van der Waals surface area (Å²) in [4.78, 5) is 36.0. The van der Waals surface area contributed by atoms with Gasteiger partial charge in [-0.3, -0.25) is 19.7 Å². The number of nitro benzene ring substituents is 1. The van der Waals surface area contributed by atoms with Crippen molar-refractivity contribution in [1.29, 1.82) is 0 Å². The number of hydrogen-bond acceptors (Lipinski definition) is 5. The van der Waals surface area contributed by atoms with Crippen molar-refractivity contribution in [2.24, 2.45) is 0 Å². The van der Waals surface area contributed by atoms with E-state index in [2.05, 4.69) is 10.6 Å². The molecule has 0 bridgehead atoms. The molecule has 2 aromatic rings. The van der Waals surface area contributed by atoms with E-state index in [1.54, 1.807) is 36.6 Å². The first-order chi connectivity index (χ1) is 12.5. The van der Waals surface area contributed by atoms with Crippen molar-refractivity contribution in [2.45, 2.75) is 23.8 Å². The van der Waals surface area contributed by atoms with Crippen molar-refractivity contribution in [3.05, 3.63) is 63.7 Å². The van der Waals surface area contributed by atoms with E-state index in [-0.39, 0.29) is 23.2 Å². The zero-order valence-corrected chi connectivity index (χ0v) is 14.8. The minimum atomic E-state index is -0.514. The zero-order valence-electron chi connectivity index (χ0n) is 14.0. The topological polar surface area (TPSA) is 101 Å². The van der Waals surface area contributed by atoms with Crippen molar-refractivity contribution in [2.75, 3.05) is 11.6 Å². The molecule has 1 aliphatic carbocycles. The van der Waals surface area contributed by atoms with Gasteiger partial charge in [-0.2, -0.15) is 0 Å². The number of carbonyl (C=O) groups is 2. The molecule has 1 saturated carbocycles. The molecule has 0 saturated heterocycles. The van der Waals surface area contributed by atoms with Gasteiger partial charge in [-0.1, -0.05) is 12.1 Å². The molecule has 0 heterocycles. The maximum atomic E-state index is 12.5. The van der Waals surface area contributed by atoms with Crippen LogP contribution in [-0.4, -0.2) is 29.0 Å². The third kappa shape index (κ3) is 4.02. The molecule has 0 spiro atoms. The summed E-state index contributed by atoms with van der Waals surface area (Å²) in [6.45, 7) is 0. The largest absolute Gasteiger partial charge is 0.349 e. The fourth-order valence-electron chi connectivity index (χ4n) is 2.45. The number of nitrogens with zero attached hydrogens (tertiary/aromatic N) is 1. The highest BCUT2D eigenvalue weighted by Crippen LogP contribution is 2.29. The highest BCUT2D eigenvalue weighted by Gasteiger charge is 2.25. The summed E-state index contributed by atoms with van der Waals surface area (Å²) >= 11 is 1.24. The first-order valence-electron chi connectivity index (χ1n) is 8.03. The Bertz CT molecular complexity index is 880. The van der Waals surface area contributed by atoms with Crippen LogP contribution in [0.3, 0.4) is 0 Å². The maximum absolute atomic E-state index is 12.5. The monoisotopic (exact) mass is 371 g/mol. The lowest BCUT2D eigenvalue weighted by atomic mass is 10.1. The third-order valence-corrected chi connectivity index (χ3v) is 4.76. The molecule has 7 nitrogen and oxygen atoms in total. The van der Waals surface area contributed by atoms with Crippen LogP contribution in [0.1, 0.15) is 33.6 Å². The van der Waals surface area contributed by atoms with Crippen LogP contribution in [0.4, 0.5) is 11.4 Å². The molecule has 1 fully saturated rings. The van der Waals surface area contributed by atoms with Crippen molar-refractivity contribution < 1.29 is 14.5 Å². The molecule has 0 aromatic heterocycles. The van der Waals surface area contributed by atoms with Gasteiger partial charge in [-0.15, -0.1) is 11.8 Å². The fourth-order valence-corrected chi connectivity index (χ4v) is 3.00. The van der Waals surface area contributed by atoms with Crippen molar-refractivity contribution in [1.82, 2.24) is 5.32 Å². The average molecular weight is 371 g/mol. The minimum absolute atomic E-state index is 0.120. The number of anilines is 1. The van der Waals surface area contributed by atoms with Crippen LogP contribution in [0, 0.1) is 10.1 Å². The van der Waals surface area contributed by atoms with Crippen LogP contribution in [0.25, 0.3) is 0 Å². The molecule has 8 heteroatoms. The van der Waals surface area contributed by atoms with E-state index >= 15 is 0 Å². The number of rotatable bonds is 6. The van der Waals surface area contributed by atoms with E-state index in [0.29, 0.717) is 16.1 Å². The van der Waals surface area contributed by atoms with E-state index in [1.165, 1.54) is 23.9 Å². The normalized spacial score (nSPS) is 13.1.